The van der Waals surface area contributed by atoms with Crippen LogP contribution >= 0.6 is 0 Å². The number of anilines is 2. The lowest BCUT2D eigenvalue weighted by molar-refractivity contribution is -0.115. The van der Waals surface area contributed by atoms with Crippen molar-refractivity contribution in [3.05, 3.63) is 53.6 Å². The minimum atomic E-state index is -0.0943. The van der Waals surface area contributed by atoms with Gasteiger partial charge in [-0.3, -0.25) is 4.79 Å². The zero-order valence-corrected chi connectivity index (χ0v) is 11.6. The molecule has 0 bridgehead atoms. The van der Waals surface area contributed by atoms with Crippen LogP contribution in [0.25, 0.3) is 0 Å². The quantitative estimate of drug-likeness (QED) is 0.840. The largest absolute Gasteiger partial charge is 0.495 e. The number of nitrogens with one attached hydrogen (secondary N) is 1. The number of carbonyl (C=O) groups is 1. The minimum Gasteiger partial charge on any atom is -0.495 e. The van der Waals surface area contributed by atoms with Crippen molar-refractivity contribution in [3.63, 3.8) is 0 Å². The van der Waals surface area contributed by atoms with Crippen LogP contribution in [0.4, 0.5) is 11.4 Å². The van der Waals surface area contributed by atoms with E-state index in [9.17, 15) is 4.79 Å². The molecule has 0 unspecified atom stereocenters. The molecular formula is C16H18N2O2. The highest BCUT2D eigenvalue weighted by Crippen LogP contribution is 2.26. The fraction of sp³-hybridized carbons (Fsp3) is 0.188. The number of benzene rings is 2. The number of nitrogens with two attached hydrogens (primary N) is 1. The second kappa shape index (κ2) is 6.10. The first-order valence-electron chi connectivity index (χ1n) is 6.38. The summed E-state index contributed by atoms with van der Waals surface area (Å²) < 4.78 is 5.20. The summed E-state index contributed by atoms with van der Waals surface area (Å²) in [5.74, 6) is 0.500. The van der Waals surface area contributed by atoms with Gasteiger partial charge in [-0.1, -0.05) is 24.3 Å². The summed E-state index contributed by atoms with van der Waals surface area (Å²) in [4.78, 5) is 12.1. The van der Waals surface area contributed by atoms with Crippen LogP contribution in [0.3, 0.4) is 0 Å². The number of ether oxygens (including phenoxy) is 1. The van der Waals surface area contributed by atoms with Gasteiger partial charge in [-0.05, 0) is 36.2 Å². The topological polar surface area (TPSA) is 64.3 Å². The van der Waals surface area contributed by atoms with E-state index in [4.69, 9.17) is 10.5 Å². The van der Waals surface area contributed by atoms with Crippen molar-refractivity contribution in [2.75, 3.05) is 18.2 Å². The van der Waals surface area contributed by atoms with Gasteiger partial charge in [0.05, 0.1) is 19.2 Å². The Balaban J connectivity index is 2.12. The third-order valence-electron chi connectivity index (χ3n) is 3.11. The summed E-state index contributed by atoms with van der Waals surface area (Å²) in [7, 11) is 1.56. The van der Waals surface area contributed by atoms with E-state index in [-0.39, 0.29) is 5.91 Å². The summed E-state index contributed by atoms with van der Waals surface area (Å²) >= 11 is 0. The van der Waals surface area contributed by atoms with Gasteiger partial charge in [-0.2, -0.15) is 0 Å². The van der Waals surface area contributed by atoms with Gasteiger partial charge >= 0.3 is 0 Å². The van der Waals surface area contributed by atoms with Gasteiger partial charge in [0.15, 0.2) is 0 Å². The highest BCUT2D eigenvalue weighted by Gasteiger charge is 2.09. The fourth-order valence-electron chi connectivity index (χ4n) is 2.00. The highest BCUT2D eigenvalue weighted by molar-refractivity contribution is 5.94. The van der Waals surface area contributed by atoms with E-state index >= 15 is 0 Å². The van der Waals surface area contributed by atoms with E-state index in [1.54, 1.807) is 25.3 Å². The molecule has 1 amide bonds. The van der Waals surface area contributed by atoms with Crippen molar-refractivity contribution in [1.29, 1.82) is 0 Å². The molecule has 0 saturated heterocycles. The maximum atomic E-state index is 12.1. The number of carbonyl (C=O) groups excluding carboxylic acids is 1. The Labute approximate surface area is 118 Å². The first-order chi connectivity index (χ1) is 9.60. The van der Waals surface area contributed by atoms with E-state index in [0.717, 1.165) is 11.1 Å². The van der Waals surface area contributed by atoms with Crippen LogP contribution < -0.4 is 15.8 Å². The van der Waals surface area contributed by atoms with E-state index in [0.29, 0.717) is 23.5 Å². The van der Waals surface area contributed by atoms with E-state index in [1.807, 2.05) is 31.2 Å². The van der Waals surface area contributed by atoms with Crippen LogP contribution in [0.5, 0.6) is 5.75 Å². The number of aryl methyl sites for hydroxylation is 1. The maximum absolute atomic E-state index is 12.1. The third-order valence-corrected chi connectivity index (χ3v) is 3.11. The average molecular weight is 270 g/mol. The molecule has 0 aromatic heterocycles. The highest BCUT2D eigenvalue weighted by atomic mass is 16.5. The Morgan fingerprint density at radius 2 is 2.00 bits per heavy atom. The predicted octanol–water partition coefficient (Wildman–Crippen LogP) is 2.77. The zero-order chi connectivity index (χ0) is 14.5. The first-order valence-corrected chi connectivity index (χ1v) is 6.38. The summed E-state index contributed by atoms with van der Waals surface area (Å²) in [6.07, 6.45) is 0.324. The molecule has 20 heavy (non-hydrogen) atoms. The third kappa shape index (κ3) is 3.29. The molecule has 0 aliphatic rings. The van der Waals surface area contributed by atoms with Gasteiger partial charge in [-0.25, -0.2) is 0 Å². The Bertz CT molecular complexity index is 624. The minimum absolute atomic E-state index is 0.0943. The van der Waals surface area contributed by atoms with Crippen molar-refractivity contribution in [2.24, 2.45) is 0 Å². The van der Waals surface area contributed by atoms with Gasteiger partial charge in [0.2, 0.25) is 5.91 Å². The van der Waals surface area contributed by atoms with Gasteiger partial charge < -0.3 is 15.8 Å². The lowest BCUT2D eigenvalue weighted by Crippen LogP contribution is -2.15. The molecule has 0 aliphatic heterocycles. The van der Waals surface area contributed by atoms with Crippen LogP contribution in [-0.2, 0) is 11.2 Å². The number of rotatable bonds is 4. The van der Waals surface area contributed by atoms with E-state index in [1.165, 1.54) is 0 Å². The van der Waals surface area contributed by atoms with Gasteiger partial charge in [-0.15, -0.1) is 0 Å². The van der Waals surface area contributed by atoms with Gasteiger partial charge in [0.1, 0.15) is 5.75 Å². The fourth-order valence-corrected chi connectivity index (χ4v) is 2.00. The van der Waals surface area contributed by atoms with Crippen LogP contribution in [0.1, 0.15) is 11.1 Å². The van der Waals surface area contributed by atoms with Crippen molar-refractivity contribution >= 4 is 17.3 Å². The second-order valence-corrected chi connectivity index (χ2v) is 4.61. The SMILES string of the molecule is COc1ccc(N)cc1NC(=O)Cc1ccccc1C. The molecule has 104 valence electrons. The summed E-state index contributed by atoms with van der Waals surface area (Å²) in [5.41, 5.74) is 9.00. The van der Waals surface area contributed by atoms with Crippen molar-refractivity contribution < 1.29 is 9.53 Å². The predicted molar refractivity (Wildman–Crippen MR) is 80.9 cm³/mol. The molecule has 0 spiro atoms. The molecule has 4 nitrogen and oxygen atoms in total. The Kier molecular flexibility index (Phi) is 4.25. The molecule has 2 rings (SSSR count). The normalized spacial score (nSPS) is 10.1. The molecule has 0 atom stereocenters. The van der Waals surface area contributed by atoms with Crippen LogP contribution in [-0.4, -0.2) is 13.0 Å². The van der Waals surface area contributed by atoms with E-state index in [2.05, 4.69) is 5.32 Å². The molecule has 2 aromatic rings. The summed E-state index contributed by atoms with van der Waals surface area (Å²) in [5, 5.41) is 2.83. The van der Waals surface area contributed by atoms with Crippen LogP contribution in [0.15, 0.2) is 42.5 Å². The molecule has 0 heterocycles. The Morgan fingerprint density at radius 1 is 1.25 bits per heavy atom. The van der Waals surface area contributed by atoms with Crippen LogP contribution in [0.2, 0.25) is 0 Å². The Hall–Kier alpha value is -2.49. The molecule has 0 saturated carbocycles. The summed E-state index contributed by atoms with van der Waals surface area (Å²) in [6, 6.07) is 13.0. The monoisotopic (exact) mass is 270 g/mol. The van der Waals surface area contributed by atoms with Crippen LogP contribution in [0, 0.1) is 6.92 Å². The number of amides is 1. The average Bonchev–Trinajstić information content (AvgIpc) is 2.41. The lowest BCUT2D eigenvalue weighted by Gasteiger charge is -2.11. The molecule has 3 N–H and O–H groups in total. The number of hydrogen-bond acceptors (Lipinski definition) is 3. The molecule has 2 aromatic carbocycles. The molecule has 0 fully saturated rings. The second-order valence-electron chi connectivity index (χ2n) is 4.61. The zero-order valence-electron chi connectivity index (χ0n) is 11.6. The summed E-state index contributed by atoms with van der Waals surface area (Å²) in [6.45, 7) is 1.99. The molecule has 4 heteroatoms. The molecular weight excluding hydrogens is 252 g/mol. The lowest BCUT2D eigenvalue weighted by atomic mass is 10.1. The first kappa shape index (κ1) is 13.9. The maximum Gasteiger partial charge on any atom is 0.228 e. The van der Waals surface area contributed by atoms with Crippen molar-refractivity contribution in [3.8, 4) is 5.75 Å². The molecule has 0 aliphatic carbocycles. The molecule has 0 radical (unpaired) electrons. The van der Waals surface area contributed by atoms with E-state index < -0.39 is 0 Å². The van der Waals surface area contributed by atoms with Gasteiger partial charge in [0.25, 0.3) is 0 Å². The number of nitrogen functional groups attached to an aromatic ring is 1. The number of hydrogen-bond donors (Lipinski definition) is 2. The smallest absolute Gasteiger partial charge is 0.228 e. The number of methoxy groups -OCH3 is 1. The standard InChI is InChI=1S/C16H18N2O2/c1-11-5-3-4-6-12(11)9-16(19)18-14-10-13(17)7-8-15(14)20-2/h3-8,10H,9,17H2,1-2H3,(H,18,19). The van der Waals surface area contributed by atoms with Crippen molar-refractivity contribution in [1.82, 2.24) is 0 Å². The van der Waals surface area contributed by atoms with Crippen molar-refractivity contribution in [2.45, 2.75) is 13.3 Å². The Morgan fingerprint density at radius 3 is 2.70 bits per heavy atom. The van der Waals surface area contributed by atoms with Gasteiger partial charge in [0, 0.05) is 5.69 Å².